The van der Waals surface area contributed by atoms with Gasteiger partial charge in [0.05, 0.1) is 12.8 Å². The molecule has 0 atom stereocenters. The Hall–Kier alpha value is -2.60. The Bertz CT molecular complexity index is 762. The van der Waals surface area contributed by atoms with E-state index in [2.05, 4.69) is 26.5 Å². The van der Waals surface area contributed by atoms with Crippen molar-refractivity contribution in [3.05, 3.63) is 53.3 Å². The number of piperidine rings is 1. The monoisotopic (exact) mass is 354 g/mol. The van der Waals surface area contributed by atoms with Crippen molar-refractivity contribution in [1.29, 1.82) is 0 Å². The van der Waals surface area contributed by atoms with Crippen LogP contribution < -0.4 is 10.2 Å². The van der Waals surface area contributed by atoms with Gasteiger partial charge in [0, 0.05) is 18.3 Å². The predicted octanol–water partition coefficient (Wildman–Crippen LogP) is 3.16. The largest absolute Gasteiger partial charge is 0.496 e. The summed E-state index contributed by atoms with van der Waals surface area (Å²) in [7, 11) is 1.70. The number of likely N-dealkylation sites (tertiary alicyclic amines) is 1. The van der Waals surface area contributed by atoms with E-state index in [9.17, 15) is 4.79 Å². The van der Waals surface area contributed by atoms with Crippen molar-refractivity contribution < 1.29 is 9.53 Å². The van der Waals surface area contributed by atoms with Crippen molar-refractivity contribution in [1.82, 2.24) is 15.3 Å². The summed E-state index contributed by atoms with van der Waals surface area (Å²) in [6, 6.07) is 9.54. The maximum absolute atomic E-state index is 12.0. The molecule has 6 heteroatoms. The third-order valence-corrected chi connectivity index (χ3v) is 4.71. The lowest BCUT2D eigenvalue weighted by Crippen LogP contribution is -2.29. The Morgan fingerprint density at radius 2 is 2.08 bits per heavy atom. The van der Waals surface area contributed by atoms with E-state index in [1.807, 2.05) is 19.1 Å². The first-order valence-corrected chi connectivity index (χ1v) is 9.05. The highest BCUT2D eigenvalue weighted by atomic mass is 16.5. The number of nitrogens with one attached hydrogen (secondary N) is 2. The highest BCUT2D eigenvalue weighted by Gasteiger charge is 2.14. The van der Waals surface area contributed by atoms with Gasteiger partial charge in [0.15, 0.2) is 0 Å². The summed E-state index contributed by atoms with van der Waals surface area (Å²) in [6.45, 7) is 5.03. The number of hydrogen-bond acceptors (Lipinski definition) is 4. The number of aromatic nitrogens is 1. The van der Waals surface area contributed by atoms with Crippen molar-refractivity contribution in [2.24, 2.45) is 5.10 Å². The van der Waals surface area contributed by atoms with Gasteiger partial charge in [-0.15, -0.1) is 0 Å². The van der Waals surface area contributed by atoms with Gasteiger partial charge < -0.3 is 9.72 Å². The van der Waals surface area contributed by atoms with Gasteiger partial charge in [0.25, 0.3) is 5.91 Å². The third kappa shape index (κ3) is 4.52. The number of ether oxygens (including phenoxy) is 1. The van der Waals surface area contributed by atoms with E-state index in [4.69, 9.17) is 4.74 Å². The molecule has 1 aromatic heterocycles. The minimum atomic E-state index is -0.253. The van der Waals surface area contributed by atoms with Gasteiger partial charge in [0.1, 0.15) is 11.4 Å². The zero-order valence-electron chi connectivity index (χ0n) is 15.4. The van der Waals surface area contributed by atoms with Gasteiger partial charge >= 0.3 is 0 Å². The normalized spacial score (nSPS) is 15.7. The molecule has 1 aliphatic rings. The van der Waals surface area contributed by atoms with Crippen LogP contribution >= 0.6 is 0 Å². The molecule has 2 aromatic rings. The molecule has 138 valence electrons. The molecule has 0 saturated carbocycles. The number of aromatic amines is 1. The highest BCUT2D eigenvalue weighted by molar-refractivity contribution is 6.00. The number of nitrogens with zero attached hydrogens (tertiary/aromatic N) is 2. The average Bonchev–Trinajstić information content (AvgIpc) is 3.21. The number of hydrogen-bond donors (Lipinski definition) is 2. The van der Waals surface area contributed by atoms with Crippen LogP contribution in [0.1, 0.15) is 47.8 Å². The van der Waals surface area contributed by atoms with Crippen molar-refractivity contribution in [2.45, 2.75) is 32.7 Å². The minimum absolute atomic E-state index is 0.253. The highest BCUT2D eigenvalue weighted by Crippen LogP contribution is 2.23. The smallest absolute Gasteiger partial charge is 0.287 e. The molecule has 0 radical (unpaired) electrons. The molecule has 1 aromatic carbocycles. The zero-order chi connectivity index (χ0) is 18.4. The summed E-state index contributed by atoms with van der Waals surface area (Å²) in [6.07, 6.45) is 5.54. The molecule has 1 saturated heterocycles. The molecule has 2 heterocycles. The third-order valence-electron chi connectivity index (χ3n) is 4.71. The van der Waals surface area contributed by atoms with E-state index in [1.54, 1.807) is 25.4 Å². The van der Waals surface area contributed by atoms with Crippen molar-refractivity contribution in [2.75, 3.05) is 20.2 Å². The Morgan fingerprint density at radius 1 is 1.27 bits per heavy atom. The fourth-order valence-electron chi connectivity index (χ4n) is 3.22. The van der Waals surface area contributed by atoms with Crippen LogP contribution in [0.4, 0.5) is 0 Å². The number of methoxy groups -OCH3 is 1. The van der Waals surface area contributed by atoms with Crippen LogP contribution in [0.25, 0.3) is 0 Å². The summed E-state index contributed by atoms with van der Waals surface area (Å²) in [5, 5.41) is 4.24. The number of benzene rings is 1. The lowest BCUT2D eigenvalue weighted by Gasteiger charge is -2.27. The molecule has 0 aliphatic carbocycles. The SMILES string of the molecule is COc1ccc(/C(C)=N\NC(=O)c2ccc[nH]2)cc1CN1CCCCC1. The lowest BCUT2D eigenvalue weighted by molar-refractivity contribution is 0.0950. The second kappa shape index (κ2) is 8.67. The van der Waals surface area contributed by atoms with E-state index in [-0.39, 0.29) is 5.91 Å². The molecule has 2 N–H and O–H groups in total. The van der Waals surface area contributed by atoms with Crippen LogP contribution in [0.2, 0.25) is 0 Å². The number of carbonyl (C=O) groups is 1. The van der Waals surface area contributed by atoms with Crippen LogP contribution in [0.5, 0.6) is 5.75 Å². The Balaban J connectivity index is 1.73. The Morgan fingerprint density at radius 3 is 2.77 bits per heavy atom. The summed E-state index contributed by atoms with van der Waals surface area (Å²) < 4.78 is 5.53. The second-order valence-corrected chi connectivity index (χ2v) is 6.59. The molecular formula is C20H26N4O2. The Labute approximate surface area is 154 Å². The molecule has 6 nitrogen and oxygen atoms in total. The first-order valence-electron chi connectivity index (χ1n) is 9.05. The van der Waals surface area contributed by atoms with E-state index < -0.39 is 0 Å². The van der Waals surface area contributed by atoms with E-state index in [0.29, 0.717) is 5.69 Å². The topological polar surface area (TPSA) is 69.7 Å². The molecule has 1 amide bonds. The summed E-state index contributed by atoms with van der Waals surface area (Å²) in [5.41, 5.74) is 5.96. The lowest BCUT2D eigenvalue weighted by atomic mass is 10.0. The Kier molecular flexibility index (Phi) is 6.07. The van der Waals surface area contributed by atoms with Gasteiger partial charge in [-0.05, 0) is 68.8 Å². The molecule has 1 fully saturated rings. The number of rotatable bonds is 6. The zero-order valence-corrected chi connectivity index (χ0v) is 15.4. The van der Waals surface area contributed by atoms with E-state index in [0.717, 1.165) is 42.2 Å². The molecular weight excluding hydrogens is 328 g/mol. The van der Waals surface area contributed by atoms with Gasteiger partial charge in [-0.2, -0.15) is 5.10 Å². The second-order valence-electron chi connectivity index (χ2n) is 6.59. The fraction of sp³-hybridized carbons (Fsp3) is 0.400. The summed E-state index contributed by atoms with van der Waals surface area (Å²) in [4.78, 5) is 17.3. The number of carbonyl (C=O) groups excluding carboxylic acids is 1. The first-order chi connectivity index (χ1) is 12.7. The number of amides is 1. The van der Waals surface area contributed by atoms with Crippen molar-refractivity contribution >= 4 is 11.6 Å². The number of hydrazone groups is 1. The molecule has 0 bridgehead atoms. The maximum Gasteiger partial charge on any atom is 0.287 e. The van der Waals surface area contributed by atoms with Crippen LogP contribution in [0.15, 0.2) is 41.6 Å². The van der Waals surface area contributed by atoms with E-state index in [1.165, 1.54) is 19.3 Å². The van der Waals surface area contributed by atoms with Crippen LogP contribution in [-0.2, 0) is 6.54 Å². The maximum atomic E-state index is 12.0. The van der Waals surface area contributed by atoms with Crippen molar-refractivity contribution in [3.8, 4) is 5.75 Å². The average molecular weight is 354 g/mol. The summed E-state index contributed by atoms with van der Waals surface area (Å²) >= 11 is 0. The van der Waals surface area contributed by atoms with Crippen LogP contribution in [0, 0.1) is 0 Å². The van der Waals surface area contributed by atoms with E-state index >= 15 is 0 Å². The van der Waals surface area contributed by atoms with Crippen LogP contribution in [0.3, 0.4) is 0 Å². The van der Waals surface area contributed by atoms with Crippen molar-refractivity contribution in [3.63, 3.8) is 0 Å². The van der Waals surface area contributed by atoms with Crippen LogP contribution in [-0.4, -0.2) is 41.7 Å². The molecule has 26 heavy (non-hydrogen) atoms. The molecule has 0 unspecified atom stereocenters. The predicted molar refractivity (Wildman–Crippen MR) is 103 cm³/mol. The fourth-order valence-corrected chi connectivity index (χ4v) is 3.22. The summed E-state index contributed by atoms with van der Waals surface area (Å²) in [5.74, 6) is 0.638. The molecule has 1 aliphatic heterocycles. The molecule has 0 spiro atoms. The van der Waals surface area contributed by atoms with Gasteiger partial charge in [-0.25, -0.2) is 5.43 Å². The number of H-pyrrole nitrogens is 1. The quantitative estimate of drug-likeness (QED) is 0.618. The van der Waals surface area contributed by atoms with Gasteiger partial charge in [-0.1, -0.05) is 6.42 Å². The minimum Gasteiger partial charge on any atom is -0.496 e. The standard InChI is InChI=1S/C20H26N4O2/c1-15(22-23-20(25)18-7-6-10-21-18)16-8-9-19(26-2)17(13-16)14-24-11-4-3-5-12-24/h6-10,13,21H,3-5,11-12,14H2,1-2H3,(H,23,25)/b22-15-. The first kappa shape index (κ1) is 18.2. The van der Waals surface area contributed by atoms with Gasteiger partial charge in [0.2, 0.25) is 0 Å². The molecule has 3 rings (SSSR count). The van der Waals surface area contributed by atoms with Gasteiger partial charge in [-0.3, -0.25) is 9.69 Å².